The molecule has 0 aliphatic rings. The summed E-state index contributed by atoms with van der Waals surface area (Å²) in [7, 11) is 0. The van der Waals surface area contributed by atoms with Gasteiger partial charge < -0.3 is 10.1 Å². The molecule has 2 unspecified atom stereocenters. The molecule has 2 heterocycles. The molecule has 0 saturated heterocycles. The Morgan fingerprint density at radius 1 is 1.13 bits per heavy atom. The van der Waals surface area contributed by atoms with Crippen molar-refractivity contribution in [2.45, 2.75) is 44.8 Å². The van der Waals surface area contributed by atoms with Crippen LogP contribution in [-0.4, -0.2) is 22.5 Å². The Labute approximate surface area is 191 Å². The summed E-state index contributed by atoms with van der Waals surface area (Å²) in [4.78, 5) is 18.4. The number of thiophene rings is 1. The highest BCUT2D eigenvalue weighted by atomic mass is 35.5. The number of benzene rings is 1. The monoisotopic (exact) mass is 462 g/mol. The van der Waals surface area contributed by atoms with E-state index in [4.69, 9.17) is 27.9 Å². The predicted octanol–water partition coefficient (Wildman–Crippen LogP) is 6.14. The fraction of sp³-hybridized carbons (Fsp3) is 0.304. The van der Waals surface area contributed by atoms with Crippen LogP contribution in [0.2, 0.25) is 10.0 Å². The van der Waals surface area contributed by atoms with Crippen molar-refractivity contribution in [3.05, 3.63) is 80.6 Å². The molecule has 0 spiro atoms. The zero-order chi connectivity index (χ0) is 21.7. The Balaban J connectivity index is 1.72. The van der Waals surface area contributed by atoms with E-state index in [0.717, 1.165) is 6.42 Å². The van der Waals surface area contributed by atoms with E-state index in [0.29, 0.717) is 15.9 Å². The van der Waals surface area contributed by atoms with Crippen LogP contribution in [0.5, 0.6) is 5.88 Å². The Morgan fingerprint density at radius 3 is 2.43 bits per heavy atom. The van der Waals surface area contributed by atoms with Gasteiger partial charge in [-0.1, -0.05) is 41.4 Å². The second-order valence-electron chi connectivity index (χ2n) is 7.64. The quantitative estimate of drug-likeness (QED) is 0.437. The molecule has 2 aromatic heterocycles. The lowest BCUT2D eigenvalue weighted by Gasteiger charge is -2.30. The first-order valence-corrected chi connectivity index (χ1v) is 11.3. The number of pyridine rings is 1. The minimum absolute atomic E-state index is 0.104. The molecule has 30 heavy (non-hydrogen) atoms. The maximum Gasteiger partial charge on any atom is 0.263 e. The Hall–Kier alpha value is -2.08. The van der Waals surface area contributed by atoms with Gasteiger partial charge in [0.1, 0.15) is 0 Å². The fourth-order valence-corrected chi connectivity index (χ4v) is 4.28. The van der Waals surface area contributed by atoms with Gasteiger partial charge in [-0.05, 0) is 62.4 Å². The molecule has 0 radical (unpaired) electrons. The number of aromatic nitrogens is 1. The van der Waals surface area contributed by atoms with E-state index >= 15 is 0 Å². The molecule has 3 aromatic rings. The maximum atomic E-state index is 13.0. The zero-order valence-electron chi connectivity index (χ0n) is 17.1. The third-order valence-electron chi connectivity index (χ3n) is 4.85. The van der Waals surface area contributed by atoms with Gasteiger partial charge >= 0.3 is 0 Å². The number of rotatable bonds is 8. The van der Waals surface area contributed by atoms with Crippen LogP contribution in [0.25, 0.3) is 0 Å². The first-order valence-electron chi connectivity index (χ1n) is 9.64. The van der Waals surface area contributed by atoms with E-state index in [2.05, 4.69) is 21.7 Å². The minimum atomic E-state index is -1.09. The molecule has 4 nitrogen and oxygen atoms in total. The number of ether oxygens (including phenoxy) is 1. The van der Waals surface area contributed by atoms with Gasteiger partial charge in [0.05, 0.1) is 5.02 Å². The average Bonchev–Trinajstić information content (AvgIpc) is 3.23. The number of amides is 1. The van der Waals surface area contributed by atoms with Crippen LogP contribution < -0.4 is 10.1 Å². The van der Waals surface area contributed by atoms with Gasteiger partial charge in [0.25, 0.3) is 5.91 Å². The summed E-state index contributed by atoms with van der Waals surface area (Å²) in [5.41, 5.74) is 0.0785. The molecule has 1 N–H and O–H groups in total. The smallest absolute Gasteiger partial charge is 0.263 e. The molecular weight excluding hydrogens is 439 g/mol. The number of halogens is 2. The van der Waals surface area contributed by atoms with Gasteiger partial charge in [0.2, 0.25) is 5.88 Å². The molecule has 0 aliphatic heterocycles. The van der Waals surface area contributed by atoms with Crippen molar-refractivity contribution in [1.82, 2.24) is 10.3 Å². The van der Waals surface area contributed by atoms with Crippen molar-refractivity contribution in [3.8, 4) is 5.88 Å². The summed E-state index contributed by atoms with van der Waals surface area (Å²) in [5.74, 6) is 0.271. The van der Waals surface area contributed by atoms with Gasteiger partial charge in [-0.25, -0.2) is 4.98 Å². The standard InChI is InChI=1S/C23H24Cl2N2O2S/c1-15(27-22(28)23(2,3)29-21-11-10-18(25)14-26-21)19(20-5-4-12-30-20)13-16-6-8-17(24)9-7-16/h4-12,14-15,19H,13H2,1-3H3,(H,27,28). The lowest BCUT2D eigenvalue weighted by molar-refractivity contribution is -0.135. The van der Waals surface area contributed by atoms with Gasteiger partial charge in [0, 0.05) is 34.1 Å². The van der Waals surface area contributed by atoms with E-state index in [-0.39, 0.29) is 17.9 Å². The zero-order valence-corrected chi connectivity index (χ0v) is 19.4. The van der Waals surface area contributed by atoms with E-state index < -0.39 is 5.60 Å². The van der Waals surface area contributed by atoms with Crippen LogP contribution in [0.1, 0.15) is 37.1 Å². The third-order valence-corrected chi connectivity index (χ3v) is 6.33. The summed E-state index contributed by atoms with van der Waals surface area (Å²) in [6.45, 7) is 5.48. The predicted molar refractivity (Wildman–Crippen MR) is 124 cm³/mol. The minimum Gasteiger partial charge on any atom is -0.462 e. The molecule has 2 atom stereocenters. The molecule has 1 aromatic carbocycles. The Bertz CT molecular complexity index is 958. The largest absolute Gasteiger partial charge is 0.462 e. The fourth-order valence-electron chi connectivity index (χ4n) is 3.11. The maximum absolute atomic E-state index is 13.0. The van der Waals surface area contributed by atoms with E-state index in [1.165, 1.54) is 16.6 Å². The number of hydrogen-bond acceptors (Lipinski definition) is 4. The van der Waals surface area contributed by atoms with Crippen LogP contribution in [0.4, 0.5) is 0 Å². The molecule has 0 saturated carbocycles. The van der Waals surface area contributed by atoms with Crippen molar-refractivity contribution >= 4 is 40.4 Å². The number of nitrogens with zero attached hydrogens (tertiary/aromatic N) is 1. The molecular formula is C23H24Cl2N2O2S. The number of carbonyl (C=O) groups is 1. The Kier molecular flexibility index (Phi) is 7.40. The summed E-state index contributed by atoms with van der Waals surface area (Å²) in [6.07, 6.45) is 2.28. The van der Waals surface area contributed by atoms with Crippen LogP contribution in [-0.2, 0) is 11.2 Å². The van der Waals surface area contributed by atoms with Crippen molar-refractivity contribution in [1.29, 1.82) is 0 Å². The van der Waals surface area contributed by atoms with Gasteiger partial charge in [0.15, 0.2) is 5.60 Å². The summed E-state index contributed by atoms with van der Waals surface area (Å²) in [6, 6.07) is 15.2. The van der Waals surface area contributed by atoms with Gasteiger partial charge in [-0.3, -0.25) is 4.79 Å². The normalized spacial score (nSPS) is 13.5. The second kappa shape index (κ2) is 9.82. The molecule has 7 heteroatoms. The number of hydrogen-bond donors (Lipinski definition) is 1. The number of nitrogens with one attached hydrogen (secondary N) is 1. The van der Waals surface area contributed by atoms with Crippen LogP contribution in [0.15, 0.2) is 60.1 Å². The van der Waals surface area contributed by atoms with Crippen molar-refractivity contribution in [2.75, 3.05) is 0 Å². The van der Waals surface area contributed by atoms with Crippen LogP contribution in [0.3, 0.4) is 0 Å². The van der Waals surface area contributed by atoms with Gasteiger partial charge in [-0.15, -0.1) is 11.3 Å². The van der Waals surface area contributed by atoms with E-state index in [1.54, 1.807) is 37.3 Å². The topological polar surface area (TPSA) is 51.2 Å². The average molecular weight is 463 g/mol. The Morgan fingerprint density at radius 2 is 1.83 bits per heavy atom. The molecule has 0 aliphatic carbocycles. The van der Waals surface area contributed by atoms with Crippen LogP contribution in [0, 0.1) is 0 Å². The summed E-state index contributed by atoms with van der Waals surface area (Å²) in [5, 5.41) is 6.41. The molecule has 1 amide bonds. The van der Waals surface area contributed by atoms with Crippen molar-refractivity contribution in [2.24, 2.45) is 0 Å². The van der Waals surface area contributed by atoms with E-state index in [9.17, 15) is 4.79 Å². The van der Waals surface area contributed by atoms with E-state index in [1.807, 2.05) is 37.3 Å². The first-order chi connectivity index (χ1) is 14.2. The number of carbonyl (C=O) groups excluding carboxylic acids is 1. The highest BCUT2D eigenvalue weighted by Gasteiger charge is 2.33. The SMILES string of the molecule is CC(NC(=O)C(C)(C)Oc1ccc(Cl)cn1)C(Cc1ccc(Cl)cc1)c1cccs1. The lowest BCUT2D eigenvalue weighted by Crippen LogP contribution is -2.51. The van der Waals surface area contributed by atoms with Crippen molar-refractivity contribution in [3.63, 3.8) is 0 Å². The second-order valence-corrected chi connectivity index (χ2v) is 9.49. The molecule has 0 bridgehead atoms. The molecule has 158 valence electrons. The first kappa shape index (κ1) is 22.6. The summed E-state index contributed by atoms with van der Waals surface area (Å²) < 4.78 is 5.83. The lowest BCUT2D eigenvalue weighted by atomic mass is 9.91. The van der Waals surface area contributed by atoms with Crippen molar-refractivity contribution < 1.29 is 9.53 Å². The molecule has 0 fully saturated rings. The summed E-state index contributed by atoms with van der Waals surface area (Å²) >= 11 is 13.6. The van der Waals surface area contributed by atoms with Crippen LogP contribution >= 0.6 is 34.5 Å². The molecule has 3 rings (SSSR count). The third kappa shape index (κ3) is 5.97. The highest BCUT2D eigenvalue weighted by Crippen LogP contribution is 2.29. The highest BCUT2D eigenvalue weighted by molar-refractivity contribution is 7.10. The van der Waals surface area contributed by atoms with Gasteiger partial charge in [-0.2, -0.15) is 0 Å².